The summed E-state index contributed by atoms with van der Waals surface area (Å²) >= 11 is 0. The molecule has 1 aromatic rings. The van der Waals surface area contributed by atoms with Crippen LogP contribution in [0.3, 0.4) is 0 Å². The van der Waals surface area contributed by atoms with Gasteiger partial charge in [0.1, 0.15) is 6.10 Å². The fourth-order valence-electron chi connectivity index (χ4n) is 2.99. The molecular weight excluding hydrogens is 270 g/mol. The van der Waals surface area contributed by atoms with Gasteiger partial charge in [0.2, 0.25) is 0 Å². The molecule has 1 saturated heterocycles. The minimum absolute atomic E-state index is 0.0793. The van der Waals surface area contributed by atoms with E-state index in [1.807, 2.05) is 30.3 Å². The molecule has 1 N–H and O–H groups in total. The highest BCUT2D eigenvalue weighted by atomic mass is 16.6. The van der Waals surface area contributed by atoms with Crippen molar-refractivity contribution in [3.8, 4) is 0 Å². The van der Waals surface area contributed by atoms with Gasteiger partial charge in [0, 0.05) is 5.92 Å². The monoisotopic (exact) mass is 289 g/mol. The van der Waals surface area contributed by atoms with Gasteiger partial charge in [0.25, 0.3) is 0 Å². The van der Waals surface area contributed by atoms with E-state index in [4.69, 9.17) is 9.47 Å². The zero-order valence-corrected chi connectivity index (χ0v) is 12.0. The Kier molecular flexibility index (Phi) is 3.82. The third kappa shape index (κ3) is 3.01. The molecule has 112 valence electrons. The predicted molar refractivity (Wildman–Crippen MR) is 75.6 cm³/mol. The summed E-state index contributed by atoms with van der Waals surface area (Å²) in [7, 11) is 0. The predicted octanol–water partition coefficient (Wildman–Crippen LogP) is 1.91. The summed E-state index contributed by atoms with van der Waals surface area (Å²) in [5.74, 6) is -0.221. The molecule has 3 rings (SSSR count). The molecule has 1 saturated carbocycles. The van der Waals surface area contributed by atoms with Crippen molar-refractivity contribution in [3.05, 3.63) is 35.9 Å². The Balaban J connectivity index is 1.64. The van der Waals surface area contributed by atoms with Crippen LogP contribution in [-0.4, -0.2) is 30.8 Å². The van der Waals surface area contributed by atoms with E-state index in [9.17, 15) is 9.59 Å². The number of ether oxygens (including phenoxy) is 2. The van der Waals surface area contributed by atoms with Crippen LogP contribution in [0.25, 0.3) is 0 Å². The fourth-order valence-corrected chi connectivity index (χ4v) is 2.99. The van der Waals surface area contributed by atoms with Crippen LogP contribution >= 0.6 is 0 Å². The second-order valence-corrected chi connectivity index (χ2v) is 5.57. The Labute approximate surface area is 123 Å². The molecule has 0 radical (unpaired) electrons. The number of rotatable bonds is 5. The molecule has 5 heteroatoms. The average Bonchev–Trinajstić information content (AvgIpc) is 3.19. The fraction of sp³-hybridized carbons (Fsp3) is 0.500. The molecule has 5 nitrogen and oxygen atoms in total. The second kappa shape index (κ2) is 5.76. The van der Waals surface area contributed by atoms with Gasteiger partial charge in [-0.15, -0.1) is 0 Å². The molecule has 0 unspecified atom stereocenters. The van der Waals surface area contributed by atoms with E-state index in [1.54, 1.807) is 6.92 Å². The molecule has 1 aliphatic carbocycles. The number of alkyl carbamates (subject to hydrolysis) is 1. The Morgan fingerprint density at radius 1 is 1.38 bits per heavy atom. The molecule has 1 amide bonds. The lowest BCUT2D eigenvalue weighted by Gasteiger charge is -2.17. The number of hydrogen-bond donors (Lipinski definition) is 1. The van der Waals surface area contributed by atoms with Gasteiger partial charge in [-0.3, -0.25) is 4.79 Å². The van der Waals surface area contributed by atoms with Crippen LogP contribution in [0.4, 0.5) is 4.79 Å². The molecule has 1 aliphatic heterocycles. The summed E-state index contributed by atoms with van der Waals surface area (Å²) in [5.41, 5.74) is 1.15. The number of amides is 1. The topological polar surface area (TPSA) is 64.6 Å². The van der Waals surface area contributed by atoms with Gasteiger partial charge in [-0.25, -0.2) is 4.79 Å². The third-order valence-electron chi connectivity index (χ3n) is 4.09. The molecule has 0 aromatic heterocycles. The van der Waals surface area contributed by atoms with E-state index in [0.29, 0.717) is 13.0 Å². The molecule has 1 heterocycles. The smallest absolute Gasteiger partial charge is 0.407 e. The average molecular weight is 289 g/mol. The third-order valence-corrected chi connectivity index (χ3v) is 4.09. The molecule has 2 fully saturated rings. The van der Waals surface area contributed by atoms with Crippen molar-refractivity contribution in [2.24, 2.45) is 11.8 Å². The number of nitrogens with one attached hydrogen (secondary N) is 1. The standard InChI is InChI=1S/C16H19NO4/c1-2-20-15(18)12-9-11(12)14-13(17-16(19)21-14)8-10-6-4-3-5-7-10/h3-7,11-14H,2,8-9H2,1H3,(H,17,19)/t11-,12-,13-,14+/m1/s1. The summed E-state index contributed by atoms with van der Waals surface area (Å²) < 4.78 is 10.4. The summed E-state index contributed by atoms with van der Waals surface area (Å²) in [4.78, 5) is 23.3. The summed E-state index contributed by atoms with van der Waals surface area (Å²) in [6.45, 7) is 2.18. The number of hydrogen-bond acceptors (Lipinski definition) is 4. The Hall–Kier alpha value is -2.04. The SMILES string of the molecule is CCOC(=O)[C@@H]1C[C@H]1[C@@H]1OC(=O)N[C@@H]1Cc1ccccc1. The van der Waals surface area contributed by atoms with Crippen LogP contribution in [0.15, 0.2) is 30.3 Å². The van der Waals surface area contributed by atoms with Crippen molar-refractivity contribution in [3.63, 3.8) is 0 Å². The van der Waals surface area contributed by atoms with E-state index in [2.05, 4.69) is 5.32 Å². The Morgan fingerprint density at radius 3 is 2.86 bits per heavy atom. The van der Waals surface area contributed by atoms with Gasteiger partial charge >= 0.3 is 12.1 Å². The lowest BCUT2D eigenvalue weighted by Crippen LogP contribution is -2.35. The first-order valence-electron chi connectivity index (χ1n) is 7.36. The van der Waals surface area contributed by atoms with Gasteiger partial charge in [0.05, 0.1) is 18.6 Å². The highest BCUT2D eigenvalue weighted by Crippen LogP contribution is 2.45. The van der Waals surface area contributed by atoms with Gasteiger partial charge in [-0.05, 0) is 25.3 Å². The van der Waals surface area contributed by atoms with Crippen molar-refractivity contribution in [2.45, 2.75) is 31.9 Å². The lowest BCUT2D eigenvalue weighted by atomic mass is 9.98. The van der Waals surface area contributed by atoms with Gasteiger partial charge in [-0.1, -0.05) is 30.3 Å². The summed E-state index contributed by atoms with van der Waals surface area (Å²) in [6.07, 6.45) is 0.815. The maximum Gasteiger partial charge on any atom is 0.407 e. The van der Waals surface area contributed by atoms with Gasteiger partial charge < -0.3 is 14.8 Å². The van der Waals surface area contributed by atoms with E-state index in [-0.39, 0.29) is 30.0 Å². The van der Waals surface area contributed by atoms with E-state index >= 15 is 0 Å². The lowest BCUT2D eigenvalue weighted by molar-refractivity contribution is -0.145. The van der Waals surface area contributed by atoms with Crippen LogP contribution in [0, 0.1) is 11.8 Å². The quantitative estimate of drug-likeness (QED) is 0.841. The highest BCUT2D eigenvalue weighted by molar-refractivity contribution is 5.76. The number of benzene rings is 1. The number of carbonyl (C=O) groups is 2. The molecule has 0 spiro atoms. The van der Waals surface area contributed by atoms with E-state index in [1.165, 1.54) is 0 Å². The Morgan fingerprint density at radius 2 is 2.14 bits per heavy atom. The van der Waals surface area contributed by atoms with Crippen molar-refractivity contribution < 1.29 is 19.1 Å². The number of carbonyl (C=O) groups excluding carboxylic acids is 2. The maximum atomic E-state index is 11.7. The van der Waals surface area contributed by atoms with Crippen LogP contribution in [0.2, 0.25) is 0 Å². The highest BCUT2D eigenvalue weighted by Gasteiger charge is 2.55. The van der Waals surface area contributed by atoms with Crippen molar-refractivity contribution in [2.75, 3.05) is 6.61 Å². The summed E-state index contributed by atoms with van der Waals surface area (Å²) in [6, 6.07) is 9.88. The first-order chi connectivity index (χ1) is 10.2. The number of esters is 1. The van der Waals surface area contributed by atoms with Crippen molar-refractivity contribution in [1.82, 2.24) is 5.32 Å². The summed E-state index contributed by atoms with van der Waals surface area (Å²) in [5, 5.41) is 2.85. The van der Waals surface area contributed by atoms with Crippen LogP contribution in [0.5, 0.6) is 0 Å². The molecule has 4 atom stereocenters. The molecular formula is C16H19NO4. The first-order valence-corrected chi connectivity index (χ1v) is 7.36. The molecule has 21 heavy (non-hydrogen) atoms. The minimum atomic E-state index is -0.393. The van der Waals surface area contributed by atoms with E-state index < -0.39 is 6.09 Å². The van der Waals surface area contributed by atoms with Gasteiger partial charge in [0.15, 0.2) is 0 Å². The molecule has 1 aromatic carbocycles. The number of cyclic esters (lactones) is 1. The normalized spacial score (nSPS) is 30.4. The zero-order chi connectivity index (χ0) is 14.8. The maximum absolute atomic E-state index is 11.7. The zero-order valence-electron chi connectivity index (χ0n) is 12.0. The van der Waals surface area contributed by atoms with Crippen LogP contribution in [-0.2, 0) is 20.7 Å². The Bertz CT molecular complexity index is 530. The minimum Gasteiger partial charge on any atom is -0.466 e. The van der Waals surface area contributed by atoms with Crippen molar-refractivity contribution in [1.29, 1.82) is 0 Å². The molecule has 0 bridgehead atoms. The molecule has 2 aliphatic rings. The largest absolute Gasteiger partial charge is 0.466 e. The van der Waals surface area contributed by atoms with Crippen molar-refractivity contribution >= 4 is 12.1 Å². The van der Waals surface area contributed by atoms with Crippen LogP contribution in [0.1, 0.15) is 18.9 Å². The van der Waals surface area contributed by atoms with Crippen LogP contribution < -0.4 is 5.32 Å². The first kappa shape index (κ1) is 13.9. The van der Waals surface area contributed by atoms with E-state index in [0.717, 1.165) is 12.0 Å². The van der Waals surface area contributed by atoms with Gasteiger partial charge in [-0.2, -0.15) is 0 Å². The second-order valence-electron chi connectivity index (χ2n) is 5.57.